The van der Waals surface area contributed by atoms with Crippen LogP contribution in [0.1, 0.15) is 22.8 Å². The topological polar surface area (TPSA) is 69.9 Å². The van der Waals surface area contributed by atoms with E-state index >= 15 is 0 Å². The molecule has 0 aliphatic rings. The van der Waals surface area contributed by atoms with Crippen molar-refractivity contribution in [3.63, 3.8) is 0 Å². The van der Waals surface area contributed by atoms with Gasteiger partial charge in [0, 0.05) is 0 Å². The van der Waals surface area contributed by atoms with Crippen LogP contribution in [0.15, 0.2) is 29.4 Å². The van der Waals surface area contributed by atoms with Crippen LogP contribution in [0.5, 0.6) is 0 Å². The van der Waals surface area contributed by atoms with Crippen molar-refractivity contribution >= 4 is 11.7 Å². The summed E-state index contributed by atoms with van der Waals surface area (Å²) in [6, 6.07) is 6.12. The van der Waals surface area contributed by atoms with Gasteiger partial charge in [0.25, 0.3) is 0 Å². The number of carboxylic acids is 1. The SMILES string of the molecule is CC(=NO)c1ccc(C(=O)O)cc1. The first-order chi connectivity index (χ1) is 6.15. The van der Waals surface area contributed by atoms with Gasteiger partial charge >= 0.3 is 5.97 Å². The third-order valence-corrected chi connectivity index (χ3v) is 1.70. The lowest BCUT2D eigenvalue weighted by molar-refractivity contribution is 0.0697. The molecule has 13 heavy (non-hydrogen) atoms. The molecule has 0 saturated carbocycles. The molecule has 0 aromatic heterocycles. The maximum Gasteiger partial charge on any atom is 0.335 e. The van der Waals surface area contributed by atoms with Gasteiger partial charge < -0.3 is 10.3 Å². The minimum absolute atomic E-state index is 0.217. The van der Waals surface area contributed by atoms with Crippen LogP contribution in [0, 0.1) is 0 Å². The fourth-order valence-corrected chi connectivity index (χ4v) is 0.912. The highest BCUT2D eigenvalue weighted by Gasteiger charge is 2.02. The van der Waals surface area contributed by atoms with Crippen LogP contribution >= 0.6 is 0 Å². The lowest BCUT2D eigenvalue weighted by Crippen LogP contribution is -1.98. The monoisotopic (exact) mass is 179 g/mol. The fourth-order valence-electron chi connectivity index (χ4n) is 0.912. The summed E-state index contributed by atoms with van der Waals surface area (Å²) in [6.07, 6.45) is 0. The highest BCUT2D eigenvalue weighted by molar-refractivity contribution is 5.99. The molecule has 4 heteroatoms. The molecule has 0 bridgehead atoms. The van der Waals surface area contributed by atoms with E-state index in [1.54, 1.807) is 19.1 Å². The van der Waals surface area contributed by atoms with E-state index in [-0.39, 0.29) is 5.56 Å². The van der Waals surface area contributed by atoms with Crippen LogP contribution in [-0.4, -0.2) is 22.0 Å². The van der Waals surface area contributed by atoms with Gasteiger partial charge in [0.2, 0.25) is 0 Å². The Kier molecular flexibility index (Phi) is 2.64. The summed E-state index contributed by atoms with van der Waals surface area (Å²) >= 11 is 0. The highest BCUT2D eigenvalue weighted by atomic mass is 16.4. The fraction of sp³-hybridized carbons (Fsp3) is 0.111. The molecule has 0 saturated heterocycles. The summed E-state index contributed by atoms with van der Waals surface area (Å²) in [5.41, 5.74) is 1.37. The molecule has 1 aromatic rings. The Morgan fingerprint density at radius 2 is 1.69 bits per heavy atom. The van der Waals surface area contributed by atoms with Crippen molar-refractivity contribution in [3.05, 3.63) is 35.4 Å². The summed E-state index contributed by atoms with van der Waals surface area (Å²) in [5.74, 6) is -0.967. The molecular formula is C9H9NO3. The molecule has 0 heterocycles. The average molecular weight is 179 g/mol. The van der Waals surface area contributed by atoms with Crippen molar-refractivity contribution in [3.8, 4) is 0 Å². The molecule has 0 radical (unpaired) electrons. The number of hydrogen-bond donors (Lipinski definition) is 2. The standard InChI is InChI=1S/C9H9NO3/c1-6(10-13)7-2-4-8(5-3-7)9(11)12/h2-5,13H,1H3,(H,11,12). The second kappa shape index (κ2) is 3.71. The highest BCUT2D eigenvalue weighted by Crippen LogP contribution is 2.05. The number of rotatable bonds is 2. The Hall–Kier alpha value is -1.84. The number of nitrogens with zero attached hydrogens (tertiary/aromatic N) is 1. The molecule has 0 spiro atoms. The molecule has 1 aromatic carbocycles. The molecule has 4 nitrogen and oxygen atoms in total. The minimum atomic E-state index is -0.967. The molecule has 0 atom stereocenters. The molecule has 2 N–H and O–H groups in total. The van der Waals surface area contributed by atoms with Crippen LogP contribution in [0.4, 0.5) is 0 Å². The molecular weight excluding hydrogens is 170 g/mol. The first kappa shape index (κ1) is 9.25. The molecule has 0 aliphatic heterocycles. The van der Waals surface area contributed by atoms with Crippen molar-refractivity contribution in [1.29, 1.82) is 0 Å². The van der Waals surface area contributed by atoms with Gasteiger partial charge in [-0.3, -0.25) is 0 Å². The molecule has 0 unspecified atom stereocenters. The van der Waals surface area contributed by atoms with Crippen molar-refractivity contribution in [1.82, 2.24) is 0 Å². The smallest absolute Gasteiger partial charge is 0.335 e. The van der Waals surface area contributed by atoms with E-state index in [1.807, 2.05) is 0 Å². The van der Waals surface area contributed by atoms with E-state index in [1.165, 1.54) is 12.1 Å². The van der Waals surface area contributed by atoms with Crippen LogP contribution in [0.25, 0.3) is 0 Å². The lowest BCUT2D eigenvalue weighted by atomic mass is 10.1. The van der Waals surface area contributed by atoms with Gasteiger partial charge in [-0.15, -0.1) is 0 Å². The van der Waals surface area contributed by atoms with Crippen LogP contribution in [0.2, 0.25) is 0 Å². The second-order valence-corrected chi connectivity index (χ2v) is 2.57. The quantitative estimate of drug-likeness (QED) is 0.411. The van der Waals surface area contributed by atoms with Crippen molar-refractivity contribution in [2.24, 2.45) is 5.16 Å². The summed E-state index contributed by atoms with van der Waals surface area (Å²) in [5, 5.41) is 20.0. The lowest BCUT2D eigenvalue weighted by Gasteiger charge is -1.98. The van der Waals surface area contributed by atoms with Crippen molar-refractivity contribution in [2.75, 3.05) is 0 Å². The largest absolute Gasteiger partial charge is 0.478 e. The predicted molar refractivity (Wildman–Crippen MR) is 47.4 cm³/mol. The molecule has 0 amide bonds. The van der Waals surface area contributed by atoms with Crippen LogP contribution in [0.3, 0.4) is 0 Å². The summed E-state index contributed by atoms with van der Waals surface area (Å²) in [6.45, 7) is 1.63. The number of carboxylic acid groups (broad SMARTS) is 1. The van der Waals surface area contributed by atoms with E-state index in [0.29, 0.717) is 11.3 Å². The molecule has 1 rings (SSSR count). The zero-order valence-electron chi connectivity index (χ0n) is 7.06. The van der Waals surface area contributed by atoms with Crippen LogP contribution in [-0.2, 0) is 0 Å². The summed E-state index contributed by atoms with van der Waals surface area (Å²) in [7, 11) is 0. The van der Waals surface area contributed by atoms with E-state index in [4.69, 9.17) is 10.3 Å². The number of benzene rings is 1. The van der Waals surface area contributed by atoms with Gasteiger partial charge in [-0.25, -0.2) is 4.79 Å². The van der Waals surface area contributed by atoms with E-state index in [0.717, 1.165) is 0 Å². The van der Waals surface area contributed by atoms with Gasteiger partial charge in [-0.1, -0.05) is 17.3 Å². The van der Waals surface area contributed by atoms with Gasteiger partial charge in [0.05, 0.1) is 11.3 Å². The number of oxime groups is 1. The number of carbonyl (C=O) groups is 1. The van der Waals surface area contributed by atoms with E-state index < -0.39 is 5.97 Å². The maximum atomic E-state index is 10.5. The first-order valence-corrected chi connectivity index (χ1v) is 3.67. The predicted octanol–water partition coefficient (Wildman–Crippen LogP) is 1.58. The Morgan fingerprint density at radius 1 is 1.23 bits per heavy atom. The Morgan fingerprint density at radius 3 is 2.08 bits per heavy atom. The molecule has 68 valence electrons. The van der Waals surface area contributed by atoms with Gasteiger partial charge in [-0.05, 0) is 24.6 Å². The average Bonchev–Trinajstić information content (AvgIpc) is 2.17. The van der Waals surface area contributed by atoms with Crippen molar-refractivity contribution in [2.45, 2.75) is 6.92 Å². The third-order valence-electron chi connectivity index (χ3n) is 1.70. The maximum absolute atomic E-state index is 10.5. The summed E-state index contributed by atoms with van der Waals surface area (Å²) in [4.78, 5) is 10.5. The summed E-state index contributed by atoms with van der Waals surface area (Å²) < 4.78 is 0. The Bertz CT molecular complexity index is 340. The number of aromatic carboxylic acids is 1. The van der Waals surface area contributed by atoms with Gasteiger partial charge in [0.15, 0.2) is 0 Å². The minimum Gasteiger partial charge on any atom is -0.478 e. The second-order valence-electron chi connectivity index (χ2n) is 2.57. The first-order valence-electron chi connectivity index (χ1n) is 3.67. The zero-order chi connectivity index (χ0) is 9.84. The van der Waals surface area contributed by atoms with E-state index in [9.17, 15) is 4.79 Å². The molecule has 0 aliphatic carbocycles. The van der Waals surface area contributed by atoms with Crippen molar-refractivity contribution < 1.29 is 15.1 Å². The Balaban J connectivity index is 3.00. The third kappa shape index (κ3) is 2.05. The zero-order valence-corrected chi connectivity index (χ0v) is 7.06. The number of hydrogen-bond acceptors (Lipinski definition) is 3. The van der Waals surface area contributed by atoms with E-state index in [2.05, 4.69) is 5.16 Å². The Labute approximate surface area is 75.1 Å². The molecule has 0 fully saturated rings. The normalized spacial score (nSPS) is 11.3. The van der Waals surface area contributed by atoms with Gasteiger partial charge in [0.1, 0.15) is 0 Å². The van der Waals surface area contributed by atoms with Gasteiger partial charge in [-0.2, -0.15) is 0 Å². The van der Waals surface area contributed by atoms with Crippen LogP contribution < -0.4 is 0 Å².